The maximum Gasteiger partial charge on any atom is 0.342 e. The zero-order valence-electron chi connectivity index (χ0n) is 13.8. The molecule has 0 spiro atoms. The van der Waals surface area contributed by atoms with Crippen molar-refractivity contribution in [3.8, 4) is 0 Å². The topological polar surface area (TPSA) is 86.7 Å². The quantitative estimate of drug-likeness (QED) is 0.582. The third-order valence-electron chi connectivity index (χ3n) is 5.17. The molecular formula is C18H20O6. The van der Waals surface area contributed by atoms with Gasteiger partial charge in [-0.3, -0.25) is 0 Å². The van der Waals surface area contributed by atoms with Gasteiger partial charge in [-0.1, -0.05) is 26.7 Å². The molecule has 2 unspecified atom stereocenters. The molecule has 3 aliphatic rings. The Hall–Kier alpha value is -2.24. The van der Waals surface area contributed by atoms with Crippen molar-refractivity contribution in [3.63, 3.8) is 0 Å². The highest BCUT2D eigenvalue weighted by atomic mass is 16.6. The van der Waals surface area contributed by atoms with E-state index in [0.29, 0.717) is 28.7 Å². The summed E-state index contributed by atoms with van der Waals surface area (Å²) in [4.78, 5) is 48.3. The molecule has 0 amide bonds. The monoisotopic (exact) mass is 332 g/mol. The Labute approximate surface area is 139 Å². The Kier molecular flexibility index (Phi) is 4.39. The van der Waals surface area contributed by atoms with Crippen LogP contribution < -0.4 is 0 Å². The average molecular weight is 332 g/mol. The molecule has 0 saturated heterocycles. The van der Waals surface area contributed by atoms with Crippen LogP contribution in [0, 0.1) is 11.8 Å². The molecule has 6 heteroatoms. The second kappa shape index (κ2) is 6.34. The lowest BCUT2D eigenvalue weighted by Crippen LogP contribution is -2.22. The van der Waals surface area contributed by atoms with Gasteiger partial charge < -0.3 is 9.47 Å². The fourth-order valence-corrected chi connectivity index (χ4v) is 3.97. The van der Waals surface area contributed by atoms with Crippen molar-refractivity contribution >= 4 is 23.9 Å². The zero-order valence-corrected chi connectivity index (χ0v) is 13.8. The third-order valence-corrected chi connectivity index (χ3v) is 5.17. The van der Waals surface area contributed by atoms with Gasteiger partial charge in [-0.25, -0.2) is 19.2 Å². The highest BCUT2D eigenvalue weighted by Gasteiger charge is 2.43. The molecule has 0 N–H and O–H groups in total. The number of hydrogen-bond donors (Lipinski definition) is 0. The summed E-state index contributed by atoms with van der Waals surface area (Å²) < 4.78 is 9.59. The van der Waals surface area contributed by atoms with Crippen LogP contribution in [0.15, 0.2) is 22.3 Å². The maximum atomic E-state index is 12.2. The Morgan fingerprint density at radius 1 is 0.833 bits per heavy atom. The summed E-state index contributed by atoms with van der Waals surface area (Å²) >= 11 is 0. The number of carbonyl (C=O) groups excluding carboxylic acids is 4. The lowest BCUT2D eigenvalue weighted by molar-refractivity contribution is -0.153. The first-order valence-corrected chi connectivity index (χ1v) is 8.45. The summed E-state index contributed by atoms with van der Waals surface area (Å²) in [6, 6.07) is 0. The molecule has 0 aromatic heterocycles. The normalized spacial score (nSPS) is 27.4. The summed E-state index contributed by atoms with van der Waals surface area (Å²) in [5.41, 5.74) is 1.57. The molecule has 3 rings (SSSR count). The van der Waals surface area contributed by atoms with Gasteiger partial charge >= 0.3 is 23.9 Å². The van der Waals surface area contributed by atoms with Gasteiger partial charge in [0, 0.05) is 16.7 Å². The summed E-state index contributed by atoms with van der Waals surface area (Å²) in [6.45, 7) is 4.00. The summed E-state index contributed by atoms with van der Waals surface area (Å²) in [5.74, 6) is -2.56. The second-order valence-electron chi connectivity index (χ2n) is 6.47. The summed E-state index contributed by atoms with van der Waals surface area (Å²) in [5, 5.41) is 0. The SMILES string of the molecule is CCCC1C2=C(CCC3=C(CC1CC)C(=O)OC3=O)C(=O)OC2=O. The molecule has 1 aliphatic carbocycles. The number of esters is 4. The lowest BCUT2D eigenvalue weighted by Gasteiger charge is -2.26. The number of carbonyl (C=O) groups is 4. The summed E-state index contributed by atoms with van der Waals surface area (Å²) in [6.07, 6.45) is 3.12. The Morgan fingerprint density at radius 2 is 1.42 bits per heavy atom. The fraction of sp³-hybridized carbons (Fsp3) is 0.556. The van der Waals surface area contributed by atoms with Crippen LogP contribution in [-0.2, 0) is 28.7 Å². The van der Waals surface area contributed by atoms with Gasteiger partial charge in [-0.15, -0.1) is 0 Å². The number of cyclic esters (lactones) is 4. The molecule has 24 heavy (non-hydrogen) atoms. The van der Waals surface area contributed by atoms with Crippen LogP contribution in [0.25, 0.3) is 0 Å². The Balaban J connectivity index is 2.10. The molecule has 2 aliphatic heterocycles. The van der Waals surface area contributed by atoms with Gasteiger partial charge in [0.1, 0.15) is 0 Å². The van der Waals surface area contributed by atoms with Crippen molar-refractivity contribution in [1.29, 1.82) is 0 Å². The lowest BCUT2D eigenvalue weighted by atomic mass is 9.76. The van der Waals surface area contributed by atoms with Gasteiger partial charge in [0.15, 0.2) is 0 Å². The van der Waals surface area contributed by atoms with Gasteiger partial charge in [0.25, 0.3) is 0 Å². The molecule has 128 valence electrons. The summed E-state index contributed by atoms with van der Waals surface area (Å²) in [7, 11) is 0. The van der Waals surface area contributed by atoms with E-state index in [9.17, 15) is 19.2 Å². The van der Waals surface area contributed by atoms with Crippen LogP contribution in [0.1, 0.15) is 52.4 Å². The largest absolute Gasteiger partial charge is 0.386 e. The molecular weight excluding hydrogens is 312 g/mol. The van der Waals surface area contributed by atoms with E-state index < -0.39 is 23.9 Å². The van der Waals surface area contributed by atoms with Crippen LogP contribution in [0.3, 0.4) is 0 Å². The van der Waals surface area contributed by atoms with E-state index in [4.69, 9.17) is 9.47 Å². The van der Waals surface area contributed by atoms with E-state index in [0.717, 1.165) is 19.3 Å². The van der Waals surface area contributed by atoms with Gasteiger partial charge in [-0.05, 0) is 37.5 Å². The maximum absolute atomic E-state index is 12.2. The molecule has 6 nitrogen and oxygen atoms in total. The van der Waals surface area contributed by atoms with Crippen LogP contribution in [0.5, 0.6) is 0 Å². The van der Waals surface area contributed by atoms with Crippen molar-refractivity contribution < 1.29 is 28.7 Å². The smallest absolute Gasteiger partial charge is 0.342 e. The molecule has 2 heterocycles. The molecule has 0 aromatic rings. The van der Waals surface area contributed by atoms with Gasteiger partial charge in [0.2, 0.25) is 0 Å². The Morgan fingerprint density at radius 3 is 2.08 bits per heavy atom. The zero-order chi connectivity index (χ0) is 17.4. The van der Waals surface area contributed by atoms with Crippen molar-refractivity contribution in [2.75, 3.05) is 0 Å². The van der Waals surface area contributed by atoms with E-state index in [1.54, 1.807) is 0 Å². The molecule has 0 aromatic carbocycles. The molecule has 0 fully saturated rings. The minimum Gasteiger partial charge on any atom is -0.386 e. The number of rotatable bonds is 3. The van der Waals surface area contributed by atoms with E-state index in [1.165, 1.54) is 0 Å². The Bertz CT molecular complexity index is 696. The van der Waals surface area contributed by atoms with Crippen LogP contribution in [0.4, 0.5) is 0 Å². The fourth-order valence-electron chi connectivity index (χ4n) is 3.97. The van der Waals surface area contributed by atoms with Crippen LogP contribution in [0.2, 0.25) is 0 Å². The van der Waals surface area contributed by atoms with E-state index in [2.05, 4.69) is 0 Å². The average Bonchev–Trinajstić information content (AvgIpc) is 2.98. The van der Waals surface area contributed by atoms with E-state index in [1.807, 2.05) is 13.8 Å². The molecule has 0 bridgehead atoms. The third kappa shape index (κ3) is 2.60. The predicted molar refractivity (Wildman–Crippen MR) is 82.3 cm³/mol. The van der Waals surface area contributed by atoms with Gasteiger partial charge in [0.05, 0.1) is 5.57 Å². The van der Waals surface area contributed by atoms with Crippen LogP contribution >= 0.6 is 0 Å². The van der Waals surface area contributed by atoms with Crippen molar-refractivity contribution in [3.05, 3.63) is 22.3 Å². The first-order chi connectivity index (χ1) is 11.5. The minimum atomic E-state index is -0.626. The van der Waals surface area contributed by atoms with Crippen LogP contribution in [-0.4, -0.2) is 23.9 Å². The van der Waals surface area contributed by atoms with Gasteiger partial charge in [-0.2, -0.15) is 0 Å². The van der Waals surface area contributed by atoms with Crippen molar-refractivity contribution in [1.82, 2.24) is 0 Å². The molecule has 2 atom stereocenters. The highest BCUT2D eigenvalue weighted by Crippen LogP contribution is 2.42. The van der Waals surface area contributed by atoms with Crippen molar-refractivity contribution in [2.45, 2.75) is 52.4 Å². The number of ether oxygens (including phenoxy) is 2. The molecule has 0 radical (unpaired) electrons. The minimum absolute atomic E-state index is 0.0186. The number of hydrogen-bond acceptors (Lipinski definition) is 6. The predicted octanol–water partition coefficient (Wildman–Crippen LogP) is 2.37. The second-order valence-corrected chi connectivity index (χ2v) is 6.47. The van der Waals surface area contributed by atoms with Crippen molar-refractivity contribution in [2.24, 2.45) is 11.8 Å². The standard InChI is InChI=1S/C18H20O6/c1-3-5-10-9(4-2)8-13-11(15(19)23-17(13)21)6-7-12-14(10)18(22)24-16(12)20/h9-10H,3-8H2,1-2H3. The molecule has 0 saturated carbocycles. The van der Waals surface area contributed by atoms with E-state index in [-0.39, 0.29) is 24.7 Å². The van der Waals surface area contributed by atoms with E-state index >= 15 is 0 Å². The highest BCUT2D eigenvalue weighted by molar-refractivity contribution is 6.14. The first-order valence-electron chi connectivity index (χ1n) is 8.45. The first kappa shape index (κ1) is 16.6.